The summed E-state index contributed by atoms with van der Waals surface area (Å²) < 4.78 is 27.4. The van der Waals surface area contributed by atoms with E-state index in [1.54, 1.807) is 6.92 Å². The van der Waals surface area contributed by atoms with Crippen LogP contribution in [0.2, 0.25) is 0 Å². The van der Waals surface area contributed by atoms with E-state index in [0.29, 0.717) is 4.47 Å². The lowest BCUT2D eigenvalue weighted by atomic mass is 10.1. The van der Waals surface area contributed by atoms with Crippen LogP contribution in [-0.4, -0.2) is 18.5 Å². The molecule has 19 heavy (non-hydrogen) atoms. The minimum Gasteiger partial charge on any atom is -0.353 e. The molecule has 0 aliphatic rings. The van der Waals surface area contributed by atoms with Gasteiger partial charge in [0.05, 0.1) is 6.54 Å². The molecule has 2 N–H and O–H groups in total. The van der Waals surface area contributed by atoms with Gasteiger partial charge in [-0.15, -0.1) is 0 Å². The van der Waals surface area contributed by atoms with E-state index in [1.165, 1.54) is 6.07 Å². The molecule has 0 aliphatic heterocycles. The van der Waals surface area contributed by atoms with Crippen molar-refractivity contribution in [3.63, 3.8) is 0 Å². The molecule has 0 radical (unpaired) electrons. The topological polar surface area (TPSA) is 41.1 Å². The molecule has 6 heteroatoms. The Kier molecular flexibility index (Phi) is 5.87. The van der Waals surface area contributed by atoms with Crippen molar-refractivity contribution in [2.24, 2.45) is 0 Å². The van der Waals surface area contributed by atoms with E-state index in [-0.39, 0.29) is 24.1 Å². The lowest BCUT2D eigenvalue weighted by Crippen LogP contribution is -2.38. The molecule has 0 heterocycles. The molecule has 0 aromatic heterocycles. The number of rotatable bonds is 5. The van der Waals surface area contributed by atoms with Crippen molar-refractivity contribution >= 4 is 21.8 Å². The summed E-state index contributed by atoms with van der Waals surface area (Å²) >= 11 is 3.18. The van der Waals surface area contributed by atoms with Crippen LogP contribution in [0.1, 0.15) is 32.4 Å². The Labute approximate surface area is 119 Å². The number of carbonyl (C=O) groups is 1. The normalized spacial score (nSPS) is 12.6. The van der Waals surface area contributed by atoms with Crippen LogP contribution >= 0.6 is 15.9 Å². The third kappa shape index (κ3) is 4.54. The van der Waals surface area contributed by atoms with Gasteiger partial charge in [0.25, 0.3) is 0 Å². The van der Waals surface area contributed by atoms with E-state index in [1.807, 2.05) is 13.8 Å². The Bertz CT molecular complexity index is 466. The van der Waals surface area contributed by atoms with Crippen molar-refractivity contribution in [1.82, 2.24) is 10.6 Å². The van der Waals surface area contributed by atoms with Crippen LogP contribution in [0.5, 0.6) is 0 Å². The van der Waals surface area contributed by atoms with E-state index >= 15 is 0 Å². The molecule has 1 aromatic rings. The van der Waals surface area contributed by atoms with E-state index in [0.717, 1.165) is 6.07 Å². The molecular weight excluding hydrogens is 318 g/mol. The molecule has 106 valence electrons. The number of carbonyl (C=O) groups excluding carboxylic acids is 1. The minimum absolute atomic E-state index is 0.0434. The summed E-state index contributed by atoms with van der Waals surface area (Å²) in [5, 5.41) is 5.57. The molecule has 1 aromatic carbocycles. The number of benzene rings is 1. The highest BCUT2D eigenvalue weighted by atomic mass is 79.9. The van der Waals surface area contributed by atoms with E-state index in [9.17, 15) is 13.6 Å². The Morgan fingerprint density at radius 2 is 1.95 bits per heavy atom. The maximum Gasteiger partial charge on any atom is 0.234 e. The first-order chi connectivity index (χ1) is 8.82. The highest BCUT2D eigenvalue weighted by Crippen LogP contribution is 2.27. The van der Waals surface area contributed by atoms with Gasteiger partial charge in [0.1, 0.15) is 0 Å². The van der Waals surface area contributed by atoms with Crippen LogP contribution in [0, 0.1) is 11.6 Å². The fraction of sp³-hybridized carbons (Fsp3) is 0.462. The monoisotopic (exact) mass is 334 g/mol. The summed E-state index contributed by atoms with van der Waals surface area (Å²) in [6.45, 7) is 5.42. The lowest BCUT2D eigenvalue weighted by molar-refractivity contribution is -0.120. The fourth-order valence-corrected chi connectivity index (χ4v) is 2.31. The predicted molar refractivity (Wildman–Crippen MR) is 73.8 cm³/mol. The van der Waals surface area contributed by atoms with Crippen LogP contribution < -0.4 is 10.6 Å². The van der Waals surface area contributed by atoms with Gasteiger partial charge in [-0.2, -0.15) is 0 Å². The second kappa shape index (κ2) is 6.96. The Hall–Kier alpha value is -1.01. The van der Waals surface area contributed by atoms with Gasteiger partial charge >= 0.3 is 0 Å². The first kappa shape index (κ1) is 16.0. The maximum absolute atomic E-state index is 13.7. The maximum atomic E-state index is 13.7. The molecule has 1 unspecified atom stereocenters. The van der Waals surface area contributed by atoms with Gasteiger partial charge in [-0.05, 0) is 32.9 Å². The van der Waals surface area contributed by atoms with Gasteiger partial charge in [0.2, 0.25) is 5.91 Å². The fourth-order valence-electron chi connectivity index (χ4n) is 1.66. The second-order valence-electron chi connectivity index (χ2n) is 4.58. The number of amides is 1. The van der Waals surface area contributed by atoms with Gasteiger partial charge in [-0.1, -0.05) is 15.9 Å². The summed E-state index contributed by atoms with van der Waals surface area (Å²) in [6, 6.07) is 2.06. The molecule has 0 saturated heterocycles. The van der Waals surface area contributed by atoms with Gasteiger partial charge in [0, 0.05) is 22.1 Å². The van der Waals surface area contributed by atoms with Crippen LogP contribution in [-0.2, 0) is 4.79 Å². The van der Waals surface area contributed by atoms with E-state index in [4.69, 9.17) is 0 Å². The molecule has 0 spiro atoms. The van der Waals surface area contributed by atoms with Gasteiger partial charge < -0.3 is 10.6 Å². The number of nitrogens with one attached hydrogen (secondary N) is 2. The zero-order chi connectivity index (χ0) is 14.6. The molecule has 0 fully saturated rings. The molecule has 0 bridgehead atoms. The van der Waals surface area contributed by atoms with Crippen molar-refractivity contribution in [2.45, 2.75) is 32.9 Å². The summed E-state index contributed by atoms with van der Waals surface area (Å²) in [5.41, 5.74) is 0.178. The first-order valence-electron chi connectivity index (χ1n) is 5.99. The number of hydrogen-bond donors (Lipinski definition) is 2. The smallest absolute Gasteiger partial charge is 0.234 e. The van der Waals surface area contributed by atoms with Crippen molar-refractivity contribution < 1.29 is 13.6 Å². The van der Waals surface area contributed by atoms with Crippen molar-refractivity contribution in [3.8, 4) is 0 Å². The van der Waals surface area contributed by atoms with Crippen LogP contribution in [0.4, 0.5) is 8.78 Å². The second-order valence-corrected chi connectivity index (χ2v) is 5.44. The van der Waals surface area contributed by atoms with Crippen molar-refractivity contribution in [1.29, 1.82) is 0 Å². The minimum atomic E-state index is -0.904. The van der Waals surface area contributed by atoms with Crippen LogP contribution in [0.25, 0.3) is 0 Å². The third-order valence-corrected chi connectivity index (χ3v) is 3.22. The number of halogens is 3. The summed E-state index contributed by atoms with van der Waals surface area (Å²) in [5.74, 6) is -1.99. The molecular formula is C13H17BrF2N2O. The van der Waals surface area contributed by atoms with Crippen molar-refractivity contribution in [2.75, 3.05) is 6.54 Å². The summed E-state index contributed by atoms with van der Waals surface area (Å²) in [7, 11) is 0. The third-order valence-electron chi connectivity index (χ3n) is 2.53. The van der Waals surface area contributed by atoms with Crippen LogP contribution in [0.15, 0.2) is 16.6 Å². The summed E-state index contributed by atoms with van der Waals surface area (Å²) in [4.78, 5) is 11.5. The summed E-state index contributed by atoms with van der Waals surface area (Å²) in [6.07, 6.45) is 0. The lowest BCUT2D eigenvalue weighted by Gasteiger charge is -2.17. The quantitative estimate of drug-likeness (QED) is 0.813. The standard InChI is InChI=1S/C13H17BrF2N2O/c1-7(2)18-11(19)6-17-8(3)12-9(14)4-5-10(15)13(12)16/h4-5,7-8,17H,6H2,1-3H3,(H,18,19). The van der Waals surface area contributed by atoms with Gasteiger partial charge in [0.15, 0.2) is 11.6 Å². The zero-order valence-electron chi connectivity index (χ0n) is 11.1. The SMILES string of the molecule is CC(C)NC(=O)CNC(C)c1c(Br)ccc(F)c1F. The predicted octanol–water partition coefficient (Wildman–Crippen LogP) is 2.90. The average Bonchev–Trinajstić information content (AvgIpc) is 2.31. The molecule has 1 rings (SSSR count). The van der Waals surface area contributed by atoms with Crippen LogP contribution in [0.3, 0.4) is 0 Å². The van der Waals surface area contributed by atoms with Gasteiger partial charge in [-0.3, -0.25) is 4.79 Å². The highest BCUT2D eigenvalue weighted by Gasteiger charge is 2.18. The Morgan fingerprint density at radius 3 is 2.53 bits per heavy atom. The van der Waals surface area contributed by atoms with E-state index < -0.39 is 17.7 Å². The van der Waals surface area contributed by atoms with Crippen molar-refractivity contribution in [3.05, 3.63) is 33.8 Å². The zero-order valence-corrected chi connectivity index (χ0v) is 12.6. The average molecular weight is 335 g/mol. The largest absolute Gasteiger partial charge is 0.353 e. The highest BCUT2D eigenvalue weighted by molar-refractivity contribution is 9.10. The molecule has 0 saturated carbocycles. The molecule has 3 nitrogen and oxygen atoms in total. The van der Waals surface area contributed by atoms with E-state index in [2.05, 4.69) is 26.6 Å². The van der Waals surface area contributed by atoms with Gasteiger partial charge in [-0.25, -0.2) is 8.78 Å². The molecule has 1 amide bonds. The Morgan fingerprint density at radius 1 is 1.32 bits per heavy atom. The molecule has 1 atom stereocenters. The number of hydrogen-bond acceptors (Lipinski definition) is 2. The molecule has 0 aliphatic carbocycles. The Balaban J connectivity index is 2.71. The first-order valence-corrected chi connectivity index (χ1v) is 6.78.